The maximum Gasteiger partial charge on any atom is 0.326 e. The number of aromatic nitrogens is 2. The number of carbonyl (C=O) groups is 3. The Morgan fingerprint density at radius 3 is 2.67 bits per heavy atom. The first-order valence-corrected chi connectivity index (χ1v) is 6.12. The second kappa shape index (κ2) is 6.04. The van der Waals surface area contributed by atoms with Crippen molar-refractivity contribution in [1.82, 2.24) is 14.7 Å². The number of amides is 1. The molecule has 0 spiro atoms. The molecule has 2 rings (SSSR count). The van der Waals surface area contributed by atoms with Crippen molar-refractivity contribution in [2.24, 2.45) is 0 Å². The molecule has 1 amide bonds. The van der Waals surface area contributed by atoms with Crippen LogP contribution in [0.3, 0.4) is 0 Å². The molecular formula is C13H13N3O5. The van der Waals surface area contributed by atoms with E-state index in [9.17, 15) is 14.4 Å². The molecule has 0 aliphatic heterocycles. The number of carboxylic acids is 2. The minimum Gasteiger partial charge on any atom is -0.481 e. The molecule has 8 nitrogen and oxygen atoms in total. The quantitative estimate of drug-likeness (QED) is 0.684. The molecular weight excluding hydrogens is 278 g/mol. The molecule has 2 aromatic rings. The first-order chi connectivity index (χ1) is 9.95. The summed E-state index contributed by atoms with van der Waals surface area (Å²) in [6, 6.07) is 3.93. The molecule has 2 aromatic heterocycles. The molecule has 0 saturated heterocycles. The Kier molecular flexibility index (Phi) is 4.17. The predicted octanol–water partition coefficient (Wildman–Crippen LogP) is -0.0791. The fraction of sp³-hybridized carbons (Fsp3) is 0.231. The summed E-state index contributed by atoms with van der Waals surface area (Å²) < 4.78 is 1.73. The smallest absolute Gasteiger partial charge is 0.326 e. The number of hydrogen-bond donors (Lipinski definition) is 3. The summed E-state index contributed by atoms with van der Waals surface area (Å²) in [7, 11) is 0. The second-order valence-electron chi connectivity index (χ2n) is 4.43. The van der Waals surface area contributed by atoms with E-state index in [1.165, 1.54) is 0 Å². The van der Waals surface area contributed by atoms with Crippen LogP contribution in [0.5, 0.6) is 0 Å². The van der Waals surface area contributed by atoms with Crippen molar-refractivity contribution in [2.75, 3.05) is 0 Å². The monoisotopic (exact) mass is 291 g/mol. The first-order valence-electron chi connectivity index (χ1n) is 6.12. The highest BCUT2D eigenvalue weighted by atomic mass is 16.4. The van der Waals surface area contributed by atoms with Crippen molar-refractivity contribution < 1.29 is 24.6 Å². The summed E-state index contributed by atoms with van der Waals surface area (Å²) >= 11 is 0. The van der Waals surface area contributed by atoms with Gasteiger partial charge >= 0.3 is 11.9 Å². The van der Waals surface area contributed by atoms with Gasteiger partial charge in [-0.25, -0.2) is 9.78 Å². The van der Waals surface area contributed by atoms with Crippen molar-refractivity contribution in [3.8, 4) is 0 Å². The molecule has 0 bridgehead atoms. The van der Waals surface area contributed by atoms with Crippen LogP contribution in [-0.4, -0.2) is 43.5 Å². The maximum absolute atomic E-state index is 11.8. The Hall–Kier alpha value is -2.90. The maximum atomic E-state index is 11.8. The van der Waals surface area contributed by atoms with Gasteiger partial charge in [0.15, 0.2) is 0 Å². The largest absolute Gasteiger partial charge is 0.481 e. The van der Waals surface area contributed by atoms with Crippen LogP contribution in [0.25, 0.3) is 5.65 Å². The summed E-state index contributed by atoms with van der Waals surface area (Å²) in [6.07, 6.45) is 2.63. The van der Waals surface area contributed by atoms with E-state index < -0.39 is 30.3 Å². The van der Waals surface area contributed by atoms with Crippen LogP contribution < -0.4 is 5.32 Å². The molecule has 0 saturated carbocycles. The zero-order valence-electron chi connectivity index (χ0n) is 10.9. The third-order valence-corrected chi connectivity index (χ3v) is 2.77. The Morgan fingerprint density at radius 1 is 1.29 bits per heavy atom. The number of aliphatic carboxylic acids is 2. The standard InChI is InChI=1S/C13H13N3O5/c17-11(15-9(13(20)21)6-12(18)19)5-8-7-16-4-2-1-3-10(16)14-8/h1-4,7,9H,5-6H2,(H,15,17)(H,18,19)(H,20,21)/t9-/m0/s1. The average Bonchev–Trinajstić information content (AvgIpc) is 2.79. The van der Waals surface area contributed by atoms with Gasteiger partial charge in [0.05, 0.1) is 18.5 Å². The van der Waals surface area contributed by atoms with Gasteiger partial charge in [-0.1, -0.05) is 6.07 Å². The van der Waals surface area contributed by atoms with Crippen LogP contribution in [0.2, 0.25) is 0 Å². The Balaban J connectivity index is 2.03. The number of nitrogens with zero attached hydrogens (tertiary/aromatic N) is 2. The number of imidazole rings is 1. The number of hydrogen-bond acceptors (Lipinski definition) is 4. The lowest BCUT2D eigenvalue weighted by molar-refractivity contribution is -0.147. The highest BCUT2D eigenvalue weighted by molar-refractivity contribution is 5.87. The van der Waals surface area contributed by atoms with Gasteiger partial charge in [0, 0.05) is 12.4 Å². The molecule has 0 aromatic carbocycles. The Morgan fingerprint density at radius 2 is 2.05 bits per heavy atom. The molecule has 8 heteroatoms. The van der Waals surface area contributed by atoms with Gasteiger partial charge in [-0.15, -0.1) is 0 Å². The molecule has 1 atom stereocenters. The third-order valence-electron chi connectivity index (χ3n) is 2.77. The third kappa shape index (κ3) is 3.78. The SMILES string of the molecule is O=C(O)C[C@H](NC(=O)Cc1cn2ccccc2n1)C(=O)O. The number of pyridine rings is 1. The van der Waals surface area contributed by atoms with Crippen molar-refractivity contribution >= 4 is 23.5 Å². The van der Waals surface area contributed by atoms with Gasteiger partial charge < -0.3 is 19.9 Å². The molecule has 0 radical (unpaired) electrons. The molecule has 3 N–H and O–H groups in total. The predicted molar refractivity (Wildman–Crippen MR) is 70.7 cm³/mol. The van der Waals surface area contributed by atoms with Crippen LogP contribution in [0.15, 0.2) is 30.6 Å². The van der Waals surface area contributed by atoms with Gasteiger partial charge in [0.2, 0.25) is 5.91 Å². The number of nitrogens with one attached hydrogen (secondary N) is 1. The number of fused-ring (bicyclic) bond motifs is 1. The molecule has 0 fully saturated rings. The summed E-state index contributed by atoms with van der Waals surface area (Å²) in [6.45, 7) is 0. The van der Waals surface area contributed by atoms with Gasteiger partial charge in [-0.2, -0.15) is 0 Å². The van der Waals surface area contributed by atoms with Crippen molar-refractivity contribution in [3.63, 3.8) is 0 Å². The van der Waals surface area contributed by atoms with E-state index in [-0.39, 0.29) is 6.42 Å². The number of carbonyl (C=O) groups excluding carboxylic acids is 1. The van der Waals surface area contributed by atoms with Crippen LogP contribution in [-0.2, 0) is 20.8 Å². The van der Waals surface area contributed by atoms with Crippen LogP contribution in [0.1, 0.15) is 12.1 Å². The van der Waals surface area contributed by atoms with Crippen LogP contribution >= 0.6 is 0 Å². The minimum absolute atomic E-state index is 0.120. The van der Waals surface area contributed by atoms with E-state index in [0.717, 1.165) is 0 Å². The van der Waals surface area contributed by atoms with Gasteiger partial charge in [0.25, 0.3) is 0 Å². The Bertz CT molecular complexity index is 661. The first kappa shape index (κ1) is 14.5. The molecule has 0 aliphatic carbocycles. The molecule has 0 aliphatic rings. The molecule has 0 unspecified atom stereocenters. The van der Waals surface area contributed by atoms with E-state index in [1.807, 2.05) is 6.07 Å². The minimum atomic E-state index is -1.45. The van der Waals surface area contributed by atoms with Crippen LogP contribution in [0.4, 0.5) is 0 Å². The summed E-state index contributed by atoms with van der Waals surface area (Å²) in [5.41, 5.74) is 1.14. The highest BCUT2D eigenvalue weighted by Gasteiger charge is 2.23. The lowest BCUT2D eigenvalue weighted by atomic mass is 10.2. The zero-order valence-corrected chi connectivity index (χ0v) is 10.9. The molecule has 21 heavy (non-hydrogen) atoms. The molecule has 110 valence electrons. The van der Waals surface area contributed by atoms with Crippen molar-refractivity contribution in [2.45, 2.75) is 18.9 Å². The summed E-state index contributed by atoms with van der Waals surface area (Å²) in [5.74, 6) is -3.27. The number of rotatable bonds is 6. The highest BCUT2D eigenvalue weighted by Crippen LogP contribution is 2.05. The average molecular weight is 291 g/mol. The lowest BCUT2D eigenvalue weighted by Crippen LogP contribution is -2.42. The van der Waals surface area contributed by atoms with E-state index in [4.69, 9.17) is 10.2 Å². The van der Waals surface area contributed by atoms with E-state index in [0.29, 0.717) is 11.3 Å². The van der Waals surface area contributed by atoms with Gasteiger partial charge in [-0.05, 0) is 12.1 Å². The fourth-order valence-electron chi connectivity index (χ4n) is 1.86. The van der Waals surface area contributed by atoms with Crippen molar-refractivity contribution in [1.29, 1.82) is 0 Å². The summed E-state index contributed by atoms with van der Waals surface area (Å²) in [5, 5.41) is 19.6. The van der Waals surface area contributed by atoms with E-state index >= 15 is 0 Å². The zero-order chi connectivity index (χ0) is 15.4. The van der Waals surface area contributed by atoms with Crippen molar-refractivity contribution in [3.05, 3.63) is 36.3 Å². The summed E-state index contributed by atoms with van der Waals surface area (Å²) in [4.78, 5) is 37.4. The molecule has 2 heterocycles. The van der Waals surface area contributed by atoms with Gasteiger partial charge in [0.1, 0.15) is 11.7 Å². The Labute approximate surface area is 119 Å². The topological polar surface area (TPSA) is 121 Å². The fourth-order valence-corrected chi connectivity index (χ4v) is 1.86. The van der Waals surface area contributed by atoms with E-state index in [1.54, 1.807) is 28.9 Å². The number of carboxylic acid groups (broad SMARTS) is 2. The van der Waals surface area contributed by atoms with Crippen LogP contribution in [0, 0.1) is 0 Å². The lowest BCUT2D eigenvalue weighted by Gasteiger charge is -2.11. The van der Waals surface area contributed by atoms with Gasteiger partial charge in [-0.3, -0.25) is 9.59 Å². The second-order valence-corrected chi connectivity index (χ2v) is 4.43. The normalized spacial score (nSPS) is 12.0. The van der Waals surface area contributed by atoms with E-state index in [2.05, 4.69) is 10.3 Å².